The summed E-state index contributed by atoms with van der Waals surface area (Å²) in [4.78, 5) is 48.0. The highest BCUT2D eigenvalue weighted by Crippen LogP contribution is 2.06. The lowest BCUT2D eigenvalue weighted by Crippen LogP contribution is -2.32. The number of aliphatic carboxylic acids is 1. The summed E-state index contributed by atoms with van der Waals surface area (Å²) in [5.41, 5.74) is -0.549. The zero-order valence-corrected chi connectivity index (χ0v) is 12.4. The fourth-order valence-electron chi connectivity index (χ4n) is 2.23. The Morgan fingerprint density at radius 2 is 1.91 bits per heavy atom. The molecule has 8 heteroatoms. The van der Waals surface area contributed by atoms with Gasteiger partial charge in [0.25, 0.3) is 5.56 Å². The topological polar surface area (TPSA) is 121 Å². The number of amides is 1. The Labute approximate surface area is 130 Å². The second-order valence-corrected chi connectivity index (χ2v) is 5.03. The molecule has 0 aliphatic carbocycles. The molecule has 23 heavy (non-hydrogen) atoms. The fourth-order valence-corrected chi connectivity index (χ4v) is 2.23. The minimum absolute atomic E-state index is 0.00963. The van der Waals surface area contributed by atoms with Gasteiger partial charge in [0.15, 0.2) is 0 Å². The first-order chi connectivity index (χ1) is 11.0. The van der Waals surface area contributed by atoms with Gasteiger partial charge in [0.2, 0.25) is 5.91 Å². The summed E-state index contributed by atoms with van der Waals surface area (Å²) in [5, 5.41) is 11.5. The van der Waals surface area contributed by atoms with Gasteiger partial charge in [-0.05, 0) is 18.6 Å². The van der Waals surface area contributed by atoms with E-state index in [4.69, 9.17) is 5.11 Å². The van der Waals surface area contributed by atoms with Crippen molar-refractivity contribution in [2.24, 2.45) is 0 Å². The van der Waals surface area contributed by atoms with E-state index in [-0.39, 0.29) is 31.8 Å². The molecule has 1 aromatic heterocycles. The lowest BCUT2D eigenvalue weighted by atomic mass is 10.2. The molecule has 122 valence electrons. The van der Waals surface area contributed by atoms with Crippen molar-refractivity contribution < 1.29 is 14.7 Å². The number of nitrogens with one attached hydrogen (secondary N) is 2. The maximum Gasteiger partial charge on any atom is 0.328 e. The number of carboxylic acid groups (broad SMARTS) is 1. The summed E-state index contributed by atoms with van der Waals surface area (Å²) >= 11 is 0. The first kappa shape index (κ1) is 16.5. The van der Waals surface area contributed by atoms with Gasteiger partial charge in [-0.15, -0.1) is 0 Å². The van der Waals surface area contributed by atoms with Crippen LogP contribution >= 0.6 is 0 Å². The number of benzene rings is 1. The average Bonchev–Trinajstić information content (AvgIpc) is 2.51. The van der Waals surface area contributed by atoms with Gasteiger partial charge in [0.1, 0.15) is 0 Å². The number of aryl methyl sites for hydroxylation is 1. The molecule has 2 rings (SSSR count). The van der Waals surface area contributed by atoms with Gasteiger partial charge in [-0.2, -0.15) is 0 Å². The lowest BCUT2D eigenvalue weighted by Gasteiger charge is -2.09. The predicted molar refractivity (Wildman–Crippen MR) is 83.3 cm³/mol. The molecule has 0 atom stereocenters. The van der Waals surface area contributed by atoms with Crippen molar-refractivity contribution in [2.45, 2.75) is 25.8 Å². The number of para-hydroxylation sites is 1. The number of H-pyrrole nitrogens is 1. The third kappa shape index (κ3) is 4.29. The average molecular weight is 319 g/mol. The number of carboxylic acids is 1. The minimum Gasteiger partial charge on any atom is -0.481 e. The molecule has 1 aromatic carbocycles. The van der Waals surface area contributed by atoms with Crippen molar-refractivity contribution in [1.29, 1.82) is 0 Å². The molecule has 3 N–H and O–H groups in total. The standard InChI is InChI=1S/C15H17N3O5/c19-12(16-8-3-6-13(20)21)7-9-18-11-5-2-1-4-10(11)14(22)17-15(18)23/h1-2,4-5H,3,6-9H2,(H,16,19)(H,20,21)(H,17,22,23). The molecule has 0 unspecified atom stereocenters. The summed E-state index contributed by atoms with van der Waals surface area (Å²) in [6.07, 6.45) is 0.399. The zero-order chi connectivity index (χ0) is 16.8. The van der Waals surface area contributed by atoms with Crippen LogP contribution in [0.1, 0.15) is 19.3 Å². The molecule has 2 aromatic rings. The van der Waals surface area contributed by atoms with Crippen molar-refractivity contribution >= 4 is 22.8 Å². The van der Waals surface area contributed by atoms with E-state index in [1.54, 1.807) is 24.3 Å². The molecule has 1 amide bonds. The maximum atomic E-state index is 11.9. The number of carbonyl (C=O) groups excluding carboxylic acids is 1. The van der Waals surface area contributed by atoms with Crippen LogP contribution in [0.15, 0.2) is 33.9 Å². The lowest BCUT2D eigenvalue weighted by molar-refractivity contribution is -0.137. The molecular weight excluding hydrogens is 302 g/mol. The van der Waals surface area contributed by atoms with Crippen LogP contribution in [0.4, 0.5) is 0 Å². The molecular formula is C15H17N3O5. The first-order valence-electron chi connectivity index (χ1n) is 7.19. The number of nitrogens with zero attached hydrogens (tertiary/aromatic N) is 1. The molecule has 0 aliphatic rings. The molecule has 8 nitrogen and oxygen atoms in total. The summed E-state index contributed by atoms with van der Waals surface area (Å²) in [5.74, 6) is -1.19. The number of rotatable bonds is 7. The third-order valence-electron chi connectivity index (χ3n) is 3.36. The summed E-state index contributed by atoms with van der Waals surface area (Å²) in [6.45, 7) is 0.396. The first-order valence-corrected chi connectivity index (χ1v) is 7.19. The van der Waals surface area contributed by atoms with Crippen molar-refractivity contribution in [3.8, 4) is 0 Å². The molecule has 0 fully saturated rings. The van der Waals surface area contributed by atoms with E-state index in [1.807, 2.05) is 0 Å². The van der Waals surface area contributed by atoms with Crippen molar-refractivity contribution in [3.05, 3.63) is 45.1 Å². The summed E-state index contributed by atoms with van der Waals surface area (Å²) < 4.78 is 1.34. The van der Waals surface area contributed by atoms with Gasteiger partial charge in [-0.3, -0.25) is 23.9 Å². The van der Waals surface area contributed by atoms with E-state index in [9.17, 15) is 19.2 Å². The monoisotopic (exact) mass is 319 g/mol. The van der Waals surface area contributed by atoms with Crippen molar-refractivity contribution in [1.82, 2.24) is 14.9 Å². The Morgan fingerprint density at radius 3 is 2.65 bits per heavy atom. The van der Waals surface area contributed by atoms with Crippen LogP contribution in [-0.2, 0) is 16.1 Å². The highest BCUT2D eigenvalue weighted by molar-refractivity contribution is 5.78. The summed E-state index contributed by atoms with van der Waals surface area (Å²) in [6, 6.07) is 6.66. The highest BCUT2D eigenvalue weighted by Gasteiger charge is 2.09. The van der Waals surface area contributed by atoms with E-state index in [1.165, 1.54) is 4.57 Å². The number of fused-ring (bicyclic) bond motifs is 1. The Bertz CT molecular complexity index is 837. The van der Waals surface area contributed by atoms with Gasteiger partial charge >= 0.3 is 11.7 Å². The Morgan fingerprint density at radius 1 is 1.17 bits per heavy atom. The quantitative estimate of drug-likeness (QED) is 0.623. The molecule has 1 heterocycles. The maximum absolute atomic E-state index is 11.9. The van der Waals surface area contributed by atoms with Crippen molar-refractivity contribution in [2.75, 3.05) is 6.54 Å². The van der Waals surface area contributed by atoms with Gasteiger partial charge < -0.3 is 10.4 Å². The van der Waals surface area contributed by atoms with Crippen LogP contribution in [-0.4, -0.2) is 33.1 Å². The normalized spacial score (nSPS) is 10.6. The second-order valence-electron chi connectivity index (χ2n) is 5.03. The Kier molecular flexibility index (Phi) is 5.29. The number of aromatic amines is 1. The van der Waals surface area contributed by atoms with Crippen LogP contribution in [0.5, 0.6) is 0 Å². The van der Waals surface area contributed by atoms with E-state index >= 15 is 0 Å². The number of hydrogen-bond acceptors (Lipinski definition) is 4. The third-order valence-corrected chi connectivity index (χ3v) is 3.36. The largest absolute Gasteiger partial charge is 0.481 e. The molecule has 0 radical (unpaired) electrons. The van der Waals surface area contributed by atoms with Crippen molar-refractivity contribution in [3.63, 3.8) is 0 Å². The number of carbonyl (C=O) groups is 2. The van der Waals surface area contributed by atoms with Crippen LogP contribution in [0.25, 0.3) is 10.9 Å². The second kappa shape index (κ2) is 7.39. The van der Waals surface area contributed by atoms with Gasteiger partial charge in [0.05, 0.1) is 10.9 Å². The van der Waals surface area contributed by atoms with E-state index in [0.29, 0.717) is 17.3 Å². The molecule has 0 bridgehead atoms. The van der Waals surface area contributed by atoms with Crippen LogP contribution in [0, 0.1) is 0 Å². The van der Waals surface area contributed by atoms with E-state index < -0.39 is 17.2 Å². The molecule has 0 saturated carbocycles. The highest BCUT2D eigenvalue weighted by atomic mass is 16.4. The zero-order valence-electron chi connectivity index (χ0n) is 12.4. The van der Waals surface area contributed by atoms with E-state index in [2.05, 4.69) is 10.3 Å². The molecule has 0 spiro atoms. The number of hydrogen-bond donors (Lipinski definition) is 3. The summed E-state index contributed by atoms with van der Waals surface area (Å²) in [7, 11) is 0. The van der Waals surface area contributed by atoms with Crippen LogP contribution < -0.4 is 16.6 Å². The van der Waals surface area contributed by atoms with E-state index in [0.717, 1.165) is 0 Å². The fraction of sp³-hybridized carbons (Fsp3) is 0.333. The molecule has 0 saturated heterocycles. The van der Waals surface area contributed by atoms with Crippen LogP contribution in [0.3, 0.4) is 0 Å². The van der Waals surface area contributed by atoms with Crippen LogP contribution in [0.2, 0.25) is 0 Å². The predicted octanol–water partition coefficient (Wildman–Crippen LogP) is 0.0609. The van der Waals surface area contributed by atoms with Gasteiger partial charge in [-0.1, -0.05) is 12.1 Å². The minimum atomic E-state index is -0.912. The SMILES string of the molecule is O=C(O)CCCNC(=O)CCn1c(=O)[nH]c(=O)c2ccccc21. The Hall–Kier alpha value is -2.90. The number of aromatic nitrogens is 2. The Balaban J connectivity index is 2.02. The van der Waals surface area contributed by atoms with Gasteiger partial charge in [0, 0.05) is 25.9 Å². The molecule has 0 aliphatic heterocycles. The smallest absolute Gasteiger partial charge is 0.328 e. The van der Waals surface area contributed by atoms with Gasteiger partial charge in [-0.25, -0.2) is 4.79 Å².